The van der Waals surface area contributed by atoms with E-state index in [9.17, 15) is 9.59 Å². The van der Waals surface area contributed by atoms with Gasteiger partial charge in [-0.05, 0) is 18.4 Å². The molecule has 0 fully saturated rings. The number of carboxylic acid groups (broad SMARTS) is 1. The minimum Gasteiger partial charge on any atom is -0.480 e. The minimum atomic E-state index is -1.12. The van der Waals surface area contributed by atoms with E-state index in [0.29, 0.717) is 6.42 Å². The van der Waals surface area contributed by atoms with Crippen molar-refractivity contribution < 1.29 is 19.8 Å². The molecule has 3 N–H and O–H groups in total. The molecule has 1 aromatic carbocycles. The maximum Gasteiger partial charge on any atom is 0.326 e. The Morgan fingerprint density at radius 3 is 2.47 bits per heavy atom. The second kappa shape index (κ2) is 8.26. The Morgan fingerprint density at radius 1 is 1.21 bits per heavy atom. The van der Waals surface area contributed by atoms with Crippen LogP contribution in [0.5, 0.6) is 0 Å². The van der Waals surface area contributed by atoms with Crippen LogP contribution >= 0.6 is 0 Å². The summed E-state index contributed by atoms with van der Waals surface area (Å²) < 4.78 is 0. The van der Waals surface area contributed by atoms with E-state index in [4.69, 9.17) is 10.2 Å². The second-order valence-corrected chi connectivity index (χ2v) is 4.31. The fraction of sp³-hybridized carbons (Fsp3) is 0.429. The van der Waals surface area contributed by atoms with Crippen molar-refractivity contribution in [3.8, 4) is 0 Å². The number of carbonyl (C=O) groups is 2. The maximum atomic E-state index is 11.6. The molecule has 0 aromatic heterocycles. The summed E-state index contributed by atoms with van der Waals surface area (Å²) in [5.41, 5.74) is 1.15. The van der Waals surface area contributed by atoms with Crippen molar-refractivity contribution in [2.45, 2.75) is 31.7 Å². The van der Waals surface area contributed by atoms with Crippen LogP contribution in [0, 0.1) is 0 Å². The monoisotopic (exact) mass is 265 g/mol. The number of carbonyl (C=O) groups excluding carboxylic acids is 1. The Hall–Kier alpha value is -1.88. The first-order valence-electron chi connectivity index (χ1n) is 6.30. The van der Waals surface area contributed by atoms with E-state index in [1.165, 1.54) is 0 Å². The van der Waals surface area contributed by atoms with Crippen LogP contribution in [0.25, 0.3) is 0 Å². The number of hydrogen-bond acceptors (Lipinski definition) is 3. The van der Waals surface area contributed by atoms with Gasteiger partial charge in [-0.2, -0.15) is 0 Å². The number of aryl methyl sites for hydroxylation is 1. The van der Waals surface area contributed by atoms with Crippen LogP contribution in [0.1, 0.15) is 24.8 Å². The molecule has 0 heterocycles. The van der Waals surface area contributed by atoms with E-state index in [-0.39, 0.29) is 25.4 Å². The van der Waals surface area contributed by atoms with Crippen molar-refractivity contribution >= 4 is 11.9 Å². The molecule has 1 amide bonds. The van der Waals surface area contributed by atoms with Crippen molar-refractivity contribution in [3.05, 3.63) is 35.9 Å². The summed E-state index contributed by atoms with van der Waals surface area (Å²) in [6.45, 7) is -0.263. The molecule has 0 bridgehead atoms. The van der Waals surface area contributed by atoms with Crippen LogP contribution in [-0.2, 0) is 16.0 Å². The van der Waals surface area contributed by atoms with Gasteiger partial charge in [-0.25, -0.2) is 4.79 Å². The van der Waals surface area contributed by atoms with Crippen LogP contribution < -0.4 is 5.32 Å². The van der Waals surface area contributed by atoms with Crippen LogP contribution in [0.15, 0.2) is 30.3 Å². The van der Waals surface area contributed by atoms with Crippen molar-refractivity contribution in [3.63, 3.8) is 0 Å². The van der Waals surface area contributed by atoms with Crippen molar-refractivity contribution in [1.29, 1.82) is 0 Å². The molecule has 0 spiro atoms. The number of aliphatic hydroxyl groups excluding tert-OH is 1. The minimum absolute atomic E-state index is 0.0275. The Morgan fingerprint density at radius 2 is 1.89 bits per heavy atom. The number of amides is 1. The largest absolute Gasteiger partial charge is 0.480 e. The zero-order valence-electron chi connectivity index (χ0n) is 10.7. The van der Waals surface area contributed by atoms with E-state index in [1.807, 2.05) is 30.3 Å². The Balaban J connectivity index is 2.29. The molecule has 1 aromatic rings. The lowest BCUT2D eigenvalue weighted by Crippen LogP contribution is -2.41. The maximum absolute atomic E-state index is 11.6. The van der Waals surface area contributed by atoms with Gasteiger partial charge < -0.3 is 15.5 Å². The number of benzene rings is 1. The van der Waals surface area contributed by atoms with Gasteiger partial charge in [0.25, 0.3) is 0 Å². The van der Waals surface area contributed by atoms with E-state index in [1.54, 1.807) is 0 Å². The van der Waals surface area contributed by atoms with Crippen molar-refractivity contribution in [2.75, 3.05) is 6.61 Å². The molecule has 0 saturated carbocycles. The van der Waals surface area contributed by atoms with Gasteiger partial charge in [-0.1, -0.05) is 30.3 Å². The first kappa shape index (κ1) is 15.2. The molecule has 1 atom stereocenters. The third-order valence-electron chi connectivity index (χ3n) is 2.76. The predicted molar refractivity (Wildman–Crippen MR) is 70.6 cm³/mol. The molecule has 0 unspecified atom stereocenters. The molecule has 0 saturated heterocycles. The predicted octanol–water partition coefficient (Wildman–Crippen LogP) is 0.961. The summed E-state index contributed by atoms with van der Waals surface area (Å²) in [5.74, 6) is -1.41. The summed E-state index contributed by atoms with van der Waals surface area (Å²) in [6, 6.07) is 8.79. The summed E-state index contributed by atoms with van der Waals surface area (Å²) in [6.07, 6.45) is 1.76. The molecular formula is C14H19NO4. The van der Waals surface area contributed by atoms with Crippen molar-refractivity contribution in [2.24, 2.45) is 0 Å². The van der Waals surface area contributed by atoms with Gasteiger partial charge in [0.2, 0.25) is 5.91 Å². The summed E-state index contributed by atoms with van der Waals surface area (Å²) in [7, 11) is 0. The summed E-state index contributed by atoms with van der Waals surface area (Å²) in [4.78, 5) is 22.4. The molecule has 0 aliphatic carbocycles. The number of aliphatic hydroxyl groups is 1. The number of carboxylic acids is 1. The number of aliphatic carboxylic acids is 1. The van der Waals surface area contributed by atoms with E-state index in [2.05, 4.69) is 5.32 Å². The third kappa shape index (κ3) is 6.01. The Labute approximate surface area is 112 Å². The van der Waals surface area contributed by atoms with Crippen LogP contribution in [0.2, 0.25) is 0 Å². The average molecular weight is 265 g/mol. The first-order chi connectivity index (χ1) is 9.13. The first-order valence-corrected chi connectivity index (χ1v) is 6.30. The molecule has 0 aliphatic rings. The smallest absolute Gasteiger partial charge is 0.326 e. The Kier molecular flexibility index (Phi) is 6.60. The third-order valence-corrected chi connectivity index (χ3v) is 2.76. The van der Waals surface area contributed by atoms with Gasteiger partial charge in [0.15, 0.2) is 0 Å². The van der Waals surface area contributed by atoms with Crippen LogP contribution in [-0.4, -0.2) is 34.7 Å². The van der Waals surface area contributed by atoms with E-state index >= 15 is 0 Å². The quantitative estimate of drug-likeness (QED) is 0.653. The highest BCUT2D eigenvalue weighted by atomic mass is 16.4. The second-order valence-electron chi connectivity index (χ2n) is 4.31. The topological polar surface area (TPSA) is 86.6 Å². The zero-order valence-corrected chi connectivity index (χ0v) is 10.7. The fourth-order valence-electron chi connectivity index (χ4n) is 1.75. The molecule has 1 rings (SSSR count). The summed E-state index contributed by atoms with van der Waals surface area (Å²) in [5, 5.41) is 19.9. The van der Waals surface area contributed by atoms with Gasteiger partial charge in [0, 0.05) is 19.4 Å². The number of rotatable bonds is 8. The van der Waals surface area contributed by atoms with Crippen molar-refractivity contribution in [1.82, 2.24) is 5.32 Å². The molecule has 0 radical (unpaired) electrons. The number of nitrogens with one attached hydrogen (secondary N) is 1. The highest BCUT2D eigenvalue weighted by Crippen LogP contribution is 2.04. The average Bonchev–Trinajstić information content (AvgIpc) is 2.39. The van der Waals surface area contributed by atoms with Crippen LogP contribution in [0.3, 0.4) is 0 Å². The van der Waals surface area contributed by atoms with Gasteiger partial charge >= 0.3 is 5.97 Å². The summed E-state index contributed by atoms with van der Waals surface area (Å²) >= 11 is 0. The highest BCUT2D eigenvalue weighted by Gasteiger charge is 2.18. The fourth-order valence-corrected chi connectivity index (χ4v) is 1.75. The van der Waals surface area contributed by atoms with E-state index in [0.717, 1.165) is 12.0 Å². The molecule has 5 nitrogen and oxygen atoms in total. The van der Waals surface area contributed by atoms with Crippen LogP contribution in [0.4, 0.5) is 0 Å². The van der Waals surface area contributed by atoms with E-state index < -0.39 is 12.0 Å². The van der Waals surface area contributed by atoms with Gasteiger partial charge in [-0.3, -0.25) is 4.79 Å². The lowest BCUT2D eigenvalue weighted by Gasteiger charge is -2.13. The molecule has 19 heavy (non-hydrogen) atoms. The molecule has 104 valence electrons. The molecule has 5 heteroatoms. The number of hydrogen-bond donors (Lipinski definition) is 3. The van der Waals surface area contributed by atoms with Gasteiger partial charge in [0.1, 0.15) is 6.04 Å². The standard InChI is InChI=1S/C14H19NO4/c16-10-9-12(14(18)19)15-13(17)8-4-7-11-5-2-1-3-6-11/h1-3,5-6,12,16H,4,7-10H2,(H,15,17)(H,18,19)/t12-/m1/s1. The normalized spacial score (nSPS) is 11.8. The lowest BCUT2D eigenvalue weighted by molar-refractivity contribution is -0.142. The van der Waals surface area contributed by atoms with Gasteiger partial charge in [0.05, 0.1) is 0 Å². The van der Waals surface area contributed by atoms with Gasteiger partial charge in [-0.15, -0.1) is 0 Å². The zero-order chi connectivity index (χ0) is 14.1. The Bertz CT molecular complexity index is 405. The molecular weight excluding hydrogens is 246 g/mol. The lowest BCUT2D eigenvalue weighted by atomic mass is 10.1. The molecule has 0 aliphatic heterocycles. The highest BCUT2D eigenvalue weighted by molar-refractivity contribution is 5.83. The SMILES string of the molecule is O=C(CCCc1ccccc1)N[C@H](CCO)C(=O)O.